The van der Waals surface area contributed by atoms with E-state index in [-0.39, 0.29) is 6.04 Å². The van der Waals surface area contributed by atoms with Crippen molar-refractivity contribution >= 4 is 6.29 Å². The first-order valence-electron chi connectivity index (χ1n) is 8.28. The first-order valence-corrected chi connectivity index (χ1v) is 8.28. The van der Waals surface area contributed by atoms with Crippen molar-refractivity contribution in [2.45, 2.75) is 70.8 Å². The Morgan fingerprint density at radius 3 is 2.16 bits per heavy atom. The molecule has 1 atom stereocenters. The van der Waals surface area contributed by atoms with Gasteiger partial charge in [0.1, 0.15) is 6.29 Å². The van der Waals surface area contributed by atoms with E-state index in [1.54, 1.807) is 0 Å². The fourth-order valence-electron chi connectivity index (χ4n) is 2.84. The van der Waals surface area contributed by atoms with Crippen molar-refractivity contribution in [3.8, 4) is 0 Å². The maximum atomic E-state index is 11.2. The lowest BCUT2D eigenvalue weighted by atomic mass is 10.0. The Hall–Kier alpha value is -0.410. The smallest absolute Gasteiger partial charge is 0.137 e. The van der Waals surface area contributed by atoms with Crippen LogP contribution in [0.3, 0.4) is 0 Å². The molecule has 3 heteroatoms. The van der Waals surface area contributed by atoms with Crippen LogP contribution in [0, 0.1) is 0 Å². The van der Waals surface area contributed by atoms with Crippen molar-refractivity contribution in [2.24, 2.45) is 0 Å². The molecule has 1 rings (SSSR count). The molecule has 0 saturated carbocycles. The second kappa shape index (κ2) is 11.4. The normalized spacial score (nSPS) is 18.4. The molecule has 1 heterocycles. The lowest BCUT2D eigenvalue weighted by Gasteiger charge is -2.31. The van der Waals surface area contributed by atoms with Gasteiger partial charge in [-0.25, -0.2) is 0 Å². The molecule has 0 aromatic carbocycles. The van der Waals surface area contributed by atoms with Crippen LogP contribution in [-0.2, 0) is 4.79 Å². The summed E-state index contributed by atoms with van der Waals surface area (Å²) in [6, 6.07) is 0.169. The molecule has 1 unspecified atom stereocenters. The fraction of sp³-hybridized carbons (Fsp3) is 0.938. The Morgan fingerprint density at radius 2 is 1.58 bits per heavy atom. The highest BCUT2D eigenvalue weighted by Gasteiger charge is 2.18. The van der Waals surface area contributed by atoms with E-state index in [4.69, 9.17) is 0 Å². The minimum absolute atomic E-state index is 0.169. The summed E-state index contributed by atoms with van der Waals surface area (Å²) in [5, 5.41) is 3.34. The zero-order chi connectivity index (χ0) is 13.8. The third-order valence-corrected chi connectivity index (χ3v) is 4.13. The molecule has 1 saturated heterocycles. The van der Waals surface area contributed by atoms with Crippen LogP contribution in [0.4, 0.5) is 0 Å². The average Bonchev–Trinajstić information content (AvgIpc) is 2.47. The molecule has 1 fully saturated rings. The molecule has 112 valence electrons. The number of hydrogen-bond acceptors (Lipinski definition) is 3. The molecule has 19 heavy (non-hydrogen) atoms. The molecular weight excluding hydrogens is 236 g/mol. The minimum atomic E-state index is 0.169. The van der Waals surface area contributed by atoms with Gasteiger partial charge >= 0.3 is 0 Å². The third kappa shape index (κ3) is 7.68. The van der Waals surface area contributed by atoms with Crippen LogP contribution in [-0.4, -0.2) is 43.4 Å². The van der Waals surface area contributed by atoms with Gasteiger partial charge in [0.05, 0.1) is 6.04 Å². The van der Waals surface area contributed by atoms with E-state index in [9.17, 15) is 4.79 Å². The lowest BCUT2D eigenvalue weighted by Crippen LogP contribution is -2.49. The van der Waals surface area contributed by atoms with E-state index in [1.165, 1.54) is 51.4 Å². The summed E-state index contributed by atoms with van der Waals surface area (Å²) in [5.41, 5.74) is 0. The first-order chi connectivity index (χ1) is 9.38. The number of hydrogen-bond donors (Lipinski definition) is 1. The van der Waals surface area contributed by atoms with Gasteiger partial charge in [-0.2, -0.15) is 0 Å². The summed E-state index contributed by atoms with van der Waals surface area (Å²) in [6.45, 7) is 6.38. The van der Waals surface area contributed by atoms with Gasteiger partial charge in [0, 0.05) is 26.2 Å². The van der Waals surface area contributed by atoms with E-state index in [0.717, 1.165) is 38.9 Å². The molecule has 1 aliphatic rings. The predicted octanol–water partition coefficient (Wildman–Crippen LogP) is 2.99. The highest BCUT2D eigenvalue weighted by Crippen LogP contribution is 2.12. The molecule has 0 bridgehead atoms. The minimum Gasteiger partial charge on any atom is -0.314 e. The van der Waals surface area contributed by atoms with Gasteiger partial charge in [-0.15, -0.1) is 0 Å². The van der Waals surface area contributed by atoms with Gasteiger partial charge in [-0.3, -0.25) is 4.90 Å². The molecule has 0 spiro atoms. The number of nitrogens with zero attached hydrogens (tertiary/aromatic N) is 1. The van der Waals surface area contributed by atoms with Crippen molar-refractivity contribution in [2.75, 3.05) is 26.2 Å². The van der Waals surface area contributed by atoms with Crippen LogP contribution in [0.5, 0.6) is 0 Å². The van der Waals surface area contributed by atoms with Crippen LogP contribution in [0.25, 0.3) is 0 Å². The zero-order valence-corrected chi connectivity index (χ0v) is 12.7. The molecule has 3 nitrogen and oxygen atoms in total. The summed E-state index contributed by atoms with van der Waals surface area (Å²) in [7, 11) is 0. The first kappa shape index (κ1) is 16.6. The summed E-state index contributed by atoms with van der Waals surface area (Å²) in [5.74, 6) is 0. The van der Waals surface area contributed by atoms with Crippen molar-refractivity contribution in [3.05, 3.63) is 0 Å². The molecule has 0 aliphatic carbocycles. The van der Waals surface area contributed by atoms with Crippen LogP contribution in [0.1, 0.15) is 64.7 Å². The number of nitrogens with one attached hydrogen (secondary N) is 1. The third-order valence-electron chi connectivity index (χ3n) is 4.13. The average molecular weight is 268 g/mol. The number of carbonyl (C=O) groups excluding carboxylic acids is 1. The Balaban J connectivity index is 1.98. The van der Waals surface area contributed by atoms with Crippen LogP contribution in [0.2, 0.25) is 0 Å². The van der Waals surface area contributed by atoms with Gasteiger partial charge in [-0.05, 0) is 6.42 Å². The number of carbonyl (C=O) groups is 1. The van der Waals surface area contributed by atoms with E-state index in [0.29, 0.717) is 0 Å². The largest absolute Gasteiger partial charge is 0.314 e. The summed E-state index contributed by atoms with van der Waals surface area (Å²) >= 11 is 0. The fourth-order valence-corrected chi connectivity index (χ4v) is 2.84. The molecule has 0 radical (unpaired) electrons. The maximum Gasteiger partial charge on any atom is 0.137 e. The van der Waals surface area contributed by atoms with Gasteiger partial charge in [0.15, 0.2) is 0 Å². The summed E-state index contributed by atoms with van der Waals surface area (Å²) < 4.78 is 0. The molecule has 0 amide bonds. The predicted molar refractivity (Wildman–Crippen MR) is 81.5 cm³/mol. The van der Waals surface area contributed by atoms with Crippen molar-refractivity contribution < 1.29 is 4.79 Å². The van der Waals surface area contributed by atoms with Crippen molar-refractivity contribution in [1.82, 2.24) is 10.2 Å². The van der Waals surface area contributed by atoms with Gasteiger partial charge in [-0.1, -0.05) is 58.3 Å². The van der Waals surface area contributed by atoms with E-state index >= 15 is 0 Å². The van der Waals surface area contributed by atoms with Crippen molar-refractivity contribution in [3.63, 3.8) is 0 Å². The maximum absolute atomic E-state index is 11.2. The molecule has 1 N–H and O–H groups in total. The summed E-state index contributed by atoms with van der Waals surface area (Å²) in [4.78, 5) is 13.5. The molecule has 1 aliphatic heterocycles. The topological polar surface area (TPSA) is 32.3 Å². The Labute approximate surface area is 119 Å². The number of aldehydes is 1. The van der Waals surface area contributed by atoms with E-state index in [2.05, 4.69) is 17.1 Å². The monoisotopic (exact) mass is 268 g/mol. The quantitative estimate of drug-likeness (QED) is 0.462. The molecule has 0 aromatic heterocycles. The van der Waals surface area contributed by atoms with Crippen LogP contribution >= 0.6 is 0 Å². The number of unbranched alkanes of at least 4 members (excludes halogenated alkanes) is 7. The second-order valence-electron chi connectivity index (χ2n) is 5.75. The highest BCUT2D eigenvalue weighted by molar-refractivity contribution is 5.57. The standard InChI is InChI=1S/C16H32N2O/c1-2-3-4-5-6-7-8-9-10-16(15-19)18-13-11-17-12-14-18/h15-17H,2-14H2,1H3. The van der Waals surface area contributed by atoms with Crippen LogP contribution in [0.15, 0.2) is 0 Å². The zero-order valence-electron chi connectivity index (χ0n) is 12.7. The van der Waals surface area contributed by atoms with Crippen LogP contribution < -0.4 is 5.32 Å². The number of rotatable bonds is 11. The Morgan fingerprint density at radius 1 is 1.00 bits per heavy atom. The molecular formula is C16H32N2O. The van der Waals surface area contributed by atoms with Gasteiger partial charge in [0.2, 0.25) is 0 Å². The lowest BCUT2D eigenvalue weighted by molar-refractivity contribution is -0.112. The Bertz CT molecular complexity index is 215. The second-order valence-corrected chi connectivity index (χ2v) is 5.75. The molecule has 0 aromatic rings. The summed E-state index contributed by atoms with van der Waals surface area (Å²) in [6.07, 6.45) is 12.9. The highest BCUT2D eigenvalue weighted by atomic mass is 16.1. The van der Waals surface area contributed by atoms with E-state index in [1.807, 2.05) is 0 Å². The van der Waals surface area contributed by atoms with Crippen molar-refractivity contribution in [1.29, 1.82) is 0 Å². The van der Waals surface area contributed by atoms with E-state index < -0.39 is 0 Å². The SMILES string of the molecule is CCCCCCCCCCC(C=O)N1CCNCC1. The van der Waals surface area contributed by atoms with Gasteiger partial charge in [0.25, 0.3) is 0 Å². The number of piperazine rings is 1. The van der Waals surface area contributed by atoms with Gasteiger partial charge < -0.3 is 10.1 Å². The Kier molecular flexibility index (Phi) is 10.0.